The van der Waals surface area contributed by atoms with Crippen LogP contribution < -0.4 is 5.32 Å². The second-order valence-corrected chi connectivity index (χ2v) is 6.67. The zero-order valence-electron chi connectivity index (χ0n) is 15.6. The minimum Gasteiger partial charge on any atom is -0.336 e. The van der Waals surface area contributed by atoms with Gasteiger partial charge in [0.25, 0.3) is 5.91 Å². The maximum absolute atomic E-state index is 12.7. The van der Waals surface area contributed by atoms with Crippen molar-refractivity contribution in [2.24, 2.45) is 0 Å². The molecule has 1 N–H and O–H groups in total. The Labute approximate surface area is 160 Å². The Morgan fingerprint density at radius 1 is 1.00 bits per heavy atom. The molecule has 0 aromatic heterocycles. The van der Waals surface area contributed by atoms with Crippen molar-refractivity contribution in [2.75, 3.05) is 38.0 Å². The third-order valence-electron chi connectivity index (χ3n) is 4.56. The molecule has 0 bridgehead atoms. The number of benzene rings is 2. The molecular formula is C22H25N3O2. The van der Waals surface area contributed by atoms with Crippen molar-refractivity contribution in [2.45, 2.75) is 6.92 Å². The molecule has 5 nitrogen and oxygen atoms in total. The number of nitrogens with zero attached hydrogens (tertiary/aromatic N) is 2. The highest BCUT2D eigenvalue weighted by molar-refractivity contribution is 5.96. The summed E-state index contributed by atoms with van der Waals surface area (Å²) in [7, 11) is 0. The van der Waals surface area contributed by atoms with Crippen molar-refractivity contribution in [3.63, 3.8) is 0 Å². The molecule has 0 unspecified atom stereocenters. The standard InChI is InChI=1S/C22H25N3O2/c1-18(26)23-21-11-5-10-20(17-21)22(27)25-15-13-24(14-16-25)12-6-9-19-7-3-2-4-8-19/h2-11,17H,12-16H2,1H3,(H,23,26). The van der Waals surface area contributed by atoms with Gasteiger partial charge in [0.2, 0.25) is 5.91 Å². The molecule has 1 heterocycles. The maximum atomic E-state index is 12.7. The number of amides is 2. The largest absolute Gasteiger partial charge is 0.336 e. The van der Waals surface area contributed by atoms with Crippen LogP contribution in [0.5, 0.6) is 0 Å². The number of carbonyl (C=O) groups is 2. The summed E-state index contributed by atoms with van der Waals surface area (Å²) in [5.41, 5.74) is 2.46. The molecule has 2 aromatic rings. The molecule has 5 heteroatoms. The van der Waals surface area contributed by atoms with Gasteiger partial charge >= 0.3 is 0 Å². The average Bonchev–Trinajstić information content (AvgIpc) is 2.68. The van der Waals surface area contributed by atoms with Crippen LogP contribution in [-0.4, -0.2) is 54.3 Å². The van der Waals surface area contributed by atoms with Crippen molar-refractivity contribution in [1.82, 2.24) is 9.80 Å². The first kappa shape index (κ1) is 18.9. The van der Waals surface area contributed by atoms with E-state index in [0.29, 0.717) is 24.3 Å². The van der Waals surface area contributed by atoms with E-state index in [0.717, 1.165) is 19.6 Å². The van der Waals surface area contributed by atoms with Crippen LogP contribution in [-0.2, 0) is 4.79 Å². The molecule has 0 spiro atoms. The Morgan fingerprint density at radius 2 is 1.74 bits per heavy atom. The number of carbonyl (C=O) groups excluding carboxylic acids is 2. The molecule has 27 heavy (non-hydrogen) atoms. The van der Waals surface area contributed by atoms with E-state index in [1.165, 1.54) is 12.5 Å². The maximum Gasteiger partial charge on any atom is 0.254 e. The molecule has 3 rings (SSSR count). The van der Waals surface area contributed by atoms with Crippen molar-refractivity contribution in [3.05, 3.63) is 71.8 Å². The molecule has 140 valence electrons. The fourth-order valence-corrected chi connectivity index (χ4v) is 3.15. The summed E-state index contributed by atoms with van der Waals surface area (Å²) < 4.78 is 0. The Bertz CT molecular complexity index is 809. The molecule has 1 saturated heterocycles. The zero-order chi connectivity index (χ0) is 19.1. The molecule has 0 aliphatic carbocycles. The Morgan fingerprint density at radius 3 is 2.44 bits per heavy atom. The van der Waals surface area contributed by atoms with Crippen molar-refractivity contribution >= 4 is 23.6 Å². The SMILES string of the molecule is CC(=O)Nc1cccc(C(=O)N2CCN(CC=Cc3ccccc3)CC2)c1. The van der Waals surface area contributed by atoms with Crippen molar-refractivity contribution in [1.29, 1.82) is 0 Å². The van der Waals surface area contributed by atoms with Gasteiger partial charge in [-0.2, -0.15) is 0 Å². The second-order valence-electron chi connectivity index (χ2n) is 6.67. The lowest BCUT2D eigenvalue weighted by Crippen LogP contribution is -2.48. The van der Waals surface area contributed by atoms with Crippen LogP contribution in [0.15, 0.2) is 60.7 Å². The van der Waals surface area contributed by atoms with E-state index in [2.05, 4.69) is 34.5 Å². The first-order valence-corrected chi connectivity index (χ1v) is 9.23. The monoisotopic (exact) mass is 363 g/mol. The van der Waals surface area contributed by atoms with Gasteiger partial charge in [0, 0.05) is 50.9 Å². The van der Waals surface area contributed by atoms with Crippen LogP contribution in [0.4, 0.5) is 5.69 Å². The lowest BCUT2D eigenvalue weighted by molar-refractivity contribution is -0.114. The highest BCUT2D eigenvalue weighted by Crippen LogP contribution is 2.14. The summed E-state index contributed by atoms with van der Waals surface area (Å²) in [6, 6.07) is 17.4. The predicted octanol–water partition coefficient (Wildman–Crippen LogP) is 3.12. The smallest absolute Gasteiger partial charge is 0.254 e. The van der Waals surface area contributed by atoms with E-state index in [4.69, 9.17) is 0 Å². The van der Waals surface area contributed by atoms with Gasteiger partial charge < -0.3 is 10.2 Å². The average molecular weight is 363 g/mol. The van der Waals surface area contributed by atoms with E-state index >= 15 is 0 Å². The molecule has 1 aliphatic rings. The summed E-state index contributed by atoms with van der Waals surface area (Å²) in [5, 5.41) is 2.72. The van der Waals surface area contributed by atoms with Crippen LogP contribution in [0, 0.1) is 0 Å². The van der Waals surface area contributed by atoms with E-state index < -0.39 is 0 Å². The molecular weight excluding hydrogens is 338 g/mol. The minimum absolute atomic E-state index is 0.0154. The van der Waals surface area contributed by atoms with Crippen LogP contribution in [0.25, 0.3) is 6.08 Å². The Kier molecular flexibility index (Phi) is 6.39. The highest BCUT2D eigenvalue weighted by atomic mass is 16.2. The number of hydrogen-bond donors (Lipinski definition) is 1. The molecule has 0 saturated carbocycles. The van der Waals surface area contributed by atoms with Crippen LogP contribution in [0.2, 0.25) is 0 Å². The second kappa shape index (κ2) is 9.14. The third-order valence-corrected chi connectivity index (χ3v) is 4.56. The minimum atomic E-state index is -0.142. The lowest BCUT2D eigenvalue weighted by Gasteiger charge is -2.34. The quantitative estimate of drug-likeness (QED) is 0.888. The van der Waals surface area contributed by atoms with Crippen molar-refractivity contribution < 1.29 is 9.59 Å². The van der Waals surface area contributed by atoms with Gasteiger partial charge in [-0.1, -0.05) is 48.6 Å². The number of hydrogen-bond acceptors (Lipinski definition) is 3. The predicted molar refractivity (Wildman–Crippen MR) is 109 cm³/mol. The summed E-state index contributed by atoms with van der Waals surface area (Å²) >= 11 is 0. The van der Waals surface area contributed by atoms with Crippen LogP contribution in [0.1, 0.15) is 22.8 Å². The van der Waals surface area contributed by atoms with Gasteiger partial charge in [-0.25, -0.2) is 0 Å². The third kappa shape index (κ3) is 5.53. The van der Waals surface area contributed by atoms with Gasteiger partial charge in [-0.15, -0.1) is 0 Å². The van der Waals surface area contributed by atoms with Gasteiger partial charge in [0.05, 0.1) is 0 Å². The van der Waals surface area contributed by atoms with Crippen LogP contribution in [0.3, 0.4) is 0 Å². The topological polar surface area (TPSA) is 52.7 Å². The lowest BCUT2D eigenvalue weighted by atomic mass is 10.1. The Hall–Kier alpha value is -2.92. The number of piperazine rings is 1. The van der Waals surface area contributed by atoms with Crippen LogP contribution >= 0.6 is 0 Å². The van der Waals surface area contributed by atoms with Gasteiger partial charge in [-0.05, 0) is 23.8 Å². The normalized spacial score (nSPS) is 15.1. The summed E-state index contributed by atoms with van der Waals surface area (Å²) in [6.07, 6.45) is 4.30. The summed E-state index contributed by atoms with van der Waals surface area (Å²) in [4.78, 5) is 28.1. The fourth-order valence-electron chi connectivity index (χ4n) is 3.15. The molecule has 1 aliphatic heterocycles. The first-order valence-electron chi connectivity index (χ1n) is 9.23. The van der Waals surface area contributed by atoms with E-state index in [1.807, 2.05) is 23.1 Å². The molecule has 2 aromatic carbocycles. The van der Waals surface area contributed by atoms with Gasteiger partial charge in [0.15, 0.2) is 0 Å². The highest BCUT2D eigenvalue weighted by Gasteiger charge is 2.21. The molecule has 1 fully saturated rings. The number of rotatable bonds is 5. The number of anilines is 1. The molecule has 2 amide bonds. The van der Waals surface area contributed by atoms with E-state index in [-0.39, 0.29) is 11.8 Å². The number of nitrogens with one attached hydrogen (secondary N) is 1. The summed E-state index contributed by atoms with van der Waals surface area (Å²) in [6.45, 7) is 5.48. The summed E-state index contributed by atoms with van der Waals surface area (Å²) in [5.74, 6) is -0.126. The fraction of sp³-hybridized carbons (Fsp3) is 0.273. The zero-order valence-corrected chi connectivity index (χ0v) is 15.6. The van der Waals surface area contributed by atoms with Crippen molar-refractivity contribution in [3.8, 4) is 0 Å². The van der Waals surface area contributed by atoms with E-state index in [1.54, 1.807) is 24.3 Å². The molecule has 0 atom stereocenters. The van der Waals surface area contributed by atoms with Gasteiger partial charge in [0.1, 0.15) is 0 Å². The van der Waals surface area contributed by atoms with Gasteiger partial charge in [-0.3, -0.25) is 14.5 Å². The van der Waals surface area contributed by atoms with E-state index in [9.17, 15) is 9.59 Å². The first-order chi connectivity index (χ1) is 13.1. The molecule has 0 radical (unpaired) electrons. The Balaban J connectivity index is 1.50.